The molecule has 1 aliphatic rings. The second-order valence-electron chi connectivity index (χ2n) is 7.47. The Hall–Kier alpha value is -3.45. The summed E-state index contributed by atoms with van der Waals surface area (Å²) in [5.41, 5.74) is 2.63. The molecule has 1 saturated heterocycles. The number of carbonyl (C=O) groups excluding carboxylic acids is 3. The number of aryl methyl sites for hydroxylation is 1. The molecule has 2 aromatic carbocycles. The second-order valence-corrected chi connectivity index (χ2v) is 7.47. The Bertz CT molecular complexity index is 1130. The van der Waals surface area contributed by atoms with Gasteiger partial charge < -0.3 is 19.5 Å². The van der Waals surface area contributed by atoms with Crippen LogP contribution in [0.3, 0.4) is 0 Å². The minimum atomic E-state index is -0.691. The molecule has 0 bridgehead atoms. The number of hydrogen-bond donors (Lipinski definition) is 1. The Morgan fingerprint density at radius 3 is 2.48 bits per heavy atom. The van der Waals surface area contributed by atoms with Gasteiger partial charge in [-0.25, -0.2) is 0 Å². The molecule has 0 saturated carbocycles. The average Bonchev–Trinajstić information content (AvgIpc) is 3.17. The lowest BCUT2D eigenvalue weighted by Gasteiger charge is -2.27. The summed E-state index contributed by atoms with van der Waals surface area (Å²) in [7, 11) is 0. The van der Waals surface area contributed by atoms with Crippen LogP contribution in [-0.4, -0.2) is 53.4 Å². The van der Waals surface area contributed by atoms with E-state index in [1.165, 1.54) is 0 Å². The van der Waals surface area contributed by atoms with Gasteiger partial charge in [0, 0.05) is 35.9 Å². The Morgan fingerprint density at radius 1 is 1.00 bits per heavy atom. The Kier molecular flexibility index (Phi) is 6.13. The molecule has 3 aromatic rings. The summed E-state index contributed by atoms with van der Waals surface area (Å²) >= 11 is 0. The highest BCUT2D eigenvalue weighted by molar-refractivity contribution is 6.48. The van der Waals surface area contributed by atoms with Crippen LogP contribution in [0.2, 0.25) is 0 Å². The molecule has 2 heterocycles. The average molecular weight is 419 g/mol. The molecule has 31 heavy (non-hydrogen) atoms. The van der Waals surface area contributed by atoms with E-state index in [1.54, 1.807) is 27.8 Å². The van der Waals surface area contributed by atoms with Crippen molar-refractivity contribution in [1.82, 2.24) is 9.47 Å². The number of hydrogen-bond acceptors (Lipinski definition) is 4. The largest absolute Gasteiger partial charge is 0.378 e. The van der Waals surface area contributed by atoms with Crippen molar-refractivity contribution in [2.24, 2.45) is 0 Å². The highest BCUT2D eigenvalue weighted by Crippen LogP contribution is 2.23. The van der Waals surface area contributed by atoms with E-state index >= 15 is 0 Å². The van der Waals surface area contributed by atoms with Crippen LogP contribution < -0.4 is 5.32 Å². The van der Waals surface area contributed by atoms with Gasteiger partial charge in [-0.15, -0.1) is 0 Å². The molecule has 0 radical (unpaired) electrons. The van der Waals surface area contributed by atoms with E-state index in [4.69, 9.17) is 4.74 Å². The quantitative estimate of drug-likeness (QED) is 0.492. The second kappa shape index (κ2) is 9.14. The third-order valence-electron chi connectivity index (χ3n) is 5.56. The molecular weight excluding hydrogens is 394 g/mol. The highest BCUT2D eigenvalue weighted by atomic mass is 16.5. The van der Waals surface area contributed by atoms with Crippen LogP contribution in [0, 0.1) is 0 Å². The minimum Gasteiger partial charge on any atom is -0.378 e. The van der Waals surface area contributed by atoms with Gasteiger partial charge in [0.05, 0.1) is 18.8 Å². The third kappa shape index (κ3) is 4.36. The van der Waals surface area contributed by atoms with Crippen LogP contribution >= 0.6 is 0 Å². The number of para-hydroxylation sites is 2. The molecule has 1 aromatic heterocycles. The lowest BCUT2D eigenvalue weighted by Crippen LogP contribution is -2.42. The summed E-state index contributed by atoms with van der Waals surface area (Å²) in [4.78, 5) is 40.3. The number of morpholine rings is 1. The van der Waals surface area contributed by atoms with E-state index in [0.29, 0.717) is 37.4 Å². The predicted octanol–water partition coefficient (Wildman–Crippen LogP) is 2.88. The van der Waals surface area contributed by atoms with Gasteiger partial charge in [-0.2, -0.15) is 0 Å². The Morgan fingerprint density at radius 2 is 1.71 bits per heavy atom. The molecule has 1 fully saturated rings. The van der Waals surface area contributed by atoms with Gasteiger partial charge in [0.25, 0.3) is 11.7 Å². The fourth-order valence-corrected chi connectivity index (χ4v) is 3.87. The summed E-state index contributed by atoms with van der Waals surface area (Å²) in [5.74, 6) is -1.35. The van der Waals surface area contributed by atoms with Crippen molar-refractivity contribution in [2.45, 2.75) is 19.9 Å². The fraction of sp³-hybridized carbons (Fsp3) is 0.292. The van der Waals surface area contributed by atoms with Crippen LogP contribution in [0.15, 0.2) is 54.7 Å². The lowest BCUT2D eigenvalue weighted by atomic mass is 10.1. The molecule has 4 rings (SSSR count). The number of amides is 2. The highest BCUT2D eigenvalue weighted by Gasteiger charge is 2.24. The maximum Gasteiger partial charge on any atom is 0.296 e. The van der Waals surface area contributed by atoms with Gasteiger partial charge in [-0.1, -0.05) is 43.3 Å². The maximum absolute atomic E-state index is 13.0. The SMILES string of the molecule is CCc1ccccc1NC(=O)C(=O)c1cn(CC(=O)N2CCOCC2)c2ccccc12. The third-order valence-corrected chi connectivity index (χ3v) is 5.56. The molecule has 160 valence electrons. The number of benzene rings is 2. The number of Topliss-reactive ketones (excluding diaryl/α,β-unsaturated/α-hetero) is 1. The summed E-state index contributed by atoms with van der Waals surface area (Å²) in [6.45, 7) is 4.27. The zero-order chi connectivity index (χ0) is 21.8. The number of ether oxygens (including phenoxy) is 1. The van der Waals surface area contributed by atoms with E-state index in [2.05, 4.69) is 5.32 Å². The monoisotopic (exact) mass is 419 g/mol. The predicted molar refractivity (Wildman–Crippen MR) is 118 cm³/mol. The summed E-state index contributed by atoms with van der Waals surface area (Å²) in [6, 6.07) is 14.7. The number of ketones is 1. The molecule has 0 aliphatic carbocycles. The van der Waals surface area contributed by atoms with E-state index < -0.39 is 11.7 Å². The number of fused-ring (bicyclic) bond motifs is 1. The van der Waals surface area contributed by atoms with Crippen LogP contribution in [0.1, 0.15) is 22.8 Å². The number of nitrogens with one attached hydrogen (secondary N) is 1. The first-order valence-corrected chi connectivity index (χ1v) is 10.5. The van der Waals surface area contributed by atoms with Crippen LogP contribution in [0.5, 0.6) is 0 Å². The Balaban J connectivity index is 1.59. The molecule has 0 unspecified atom stereocenters. The number of aromatic nitrogens is 1. The van der Waals surface area contributed by atoms with Crippen molar-refractivity contribution >= 4 is 34.2 Å². The first-order chi connectivity index (χ1) is 15.1. The fourth-order valence-electron chi connectivity index (χ4n) is 3.87. The molecule has 0 atom stereocenters. The van der Waals surface area contributed by atoms with Gasteiger partial charge in [-0.3, -0.25) is 14.4 Å². The van der Waals surface area contributed by atoms with E-state index in [1.807, 2.05) is 43.3 Å². The van der Waals surface area contributed by atoms with E-state index in [0.717, 1.165) is 17.5 Å². The Labute approximate surface area is 180 Å². The number of rotatable bonds is 6. The topological polar surface area (TPSA) is 80.6 Å². The van der Waals surface area contributed by atoms with Gasteiger partial charge >= 0.3 is 0 Å². The lowest BCUT2D eigenvalue weighted by molar-refractivity contribution is -0.135. The van der Waals surface area contributed by atoms with Gasteiger partial charge in [-0.05, 0) is 24.1 Å². The minimum absolute atomic E-state index is 0.0376. The number of anilines is 1. The number of nitrogens with zero attached hydrogens (tertiary/aromatic N) is 2. The summed E-state index contributed by atoms with van der Waals surface area (Å²) < 4.78 is 7.05. The molecule has 0 spiro atoms. The summed E-state index contributed by atoms with van der Waals surface area (Å²) in [6.07, 6.45) is 2.35. The zero-order valence-corrected chi connectivity index (χ0v) is 17.5. The normalized spacial score (nSPS) is 13.9. The molecule has 1 N–H and O–H groups in total. The molecule has 1 aliphatic heterocycles. The first-order valence-electron chi connectivity index (χ1n) is 10.5. The van der Waals surface area contributed by atoms with E-state index in [9.17, 15) is 14.4 Å². The maximum atomic E-state index is 13.0. The van der Waals surface area contributed by atoms with E-state index in [-0.39, 0.29) is 18.0 Å². The van der Waals surface area contributed by atoms with Crippen molar-refractivity contribution < 1.29 is 19.1 Å². The van der Waals surface area contributed by atoms with Crippen molar-refractivity contribution in [3.05, 3.63) is 65.9 Å². The van der Waals surface area contributed by atoms with Crippen LogP contribution in [-0.2, 0) is 27.3 Å². The zero-order valence-electron chi connectivity index (χ0n) is 17.5. The first kappa shape index (κ1) is 20.8. The summed E-state index contributed by atoms with van der Waals surface area (Å²) in [5, 5.41) is 3.39. The van der Waals surface area contributed by atoms with Gasteiger partial charge in [0.15, 0.2) is 0 Å². The van der Waals surface area contributed by atoms with Crippen molar-refractivity contribution in [2.75, 3.05) is 31.6 Å². The molecule has 7 nitrogen and oxygen atoms in total. The standard InChI is InChI=1S/C24H25N3O4/c1-2-17-7-3-5-9-20(17)25-24(30)23(29)19-15-27(21-10-6-4-8-18(19)21)16-22(28)26-11-13-31-14-12-26/h3-10,15H,2,11-14,16H2,1H3,(H,25,30). The van der Waals surface area contributed by atoms with Crippen molar-refractivity contribution in [3.63, 3.8) is 0 Å². The van der Waals surface area contributed by atoms with Crippen LogP contribution in [0.25, 0.3) is 10.9 Å². The van der Waals surface area contributed by atoms with Crippen LogP contribution in [0.4, 0.5) is 5.69 Å². The van der Waals surface area contributed by atoms with Gasteiger partial charge in [0.2, 0.25) is 5.91 Å². The molecule has 7 heteroatoms. The van der Waals surface area contributed by atoms with Crippen molar-refractivity contribution in [1.29, 1.82) is 0 Å². The molecular formula is C24H25N3O4. The van der Waals surface area contributed by atoms with Gasteiger partial charge in [0.1, 0.15) is 6.54 Å². The van der Waals surface area contributed by atoms with Crippen molar-refractivity contribution in [3.8, 4) is 0 Å². The number of carbonyl (C=O) groups is 3. The smallest absolute Gasteiger partial charge is 0.296 e. The molecule has 2 amide bonds.